The number of likely N-dealkylation sites (tertiary alicyclic amines) is 1. The minimum Gasteiger partial charge on any atom is -0.497 e. The number of carboxylic acid groups (broad SMARTS) is 1. The van der Waals surface area contributed by atoms with E-state index in [4.69, 9.17) is 16.3 Å². The average molecular weight is 543 g/mol. The van der Waals surface area contributed by atoms with Gasteiger partial charge in [0.15, 0.2) is 0 Å². The molecule has 0 saturated carbocycles. The van der Waals surface area contributed by atoms with E-state index in [2.05, 4.69) is 41.1 Å². The molecule has 1 aliphatic heterocycles. The van der Waals surface area contributed by atoms with E-state index in [-0.39, 0.29) is 0 Å². The van der Waals surface area contributed by atoms with Crippen LogP contribution in [-0.4, -0.2) is 58.6 Å². The number of carbonyl (C=O) groups is 1. The molecule has 37 heavy (non-hydrogen) atoms. The third-order valence-corrected chi connectivity index (χ3v) is 8.87. The van der Waals surface area contributed by atoms with E-state index >= 15 is 0 Å². The van der Waals surface area contributed by atoms with Gasteiger partial charge in [-0.3, -0.25) is 9.78 Å². The normalized spacial score (nSPS) is 16.5. The lowest BCUT2D eigenvalue weighted by Gasteiger charge is -2.39. The summed E-state index contributed by atoms with van der Waals surface area (Å²) < 4.78 is 5.34. The number of carboxylic acids is 1. The number of piperidine rings is 1. The van der Waals surface area contributed by atoms with Crippen molar-refractivity contribution in [3.63, 3.8) is 0 Å². The van der Waals surface area contributed by atoms with Crippen molar-refractivity contribution in [1.82, 2.24) is 9.88 Å². The topological polar surface area (TPSA) is 82.9 Å². The highest BCUT2D eigenvalue weighted by Gasteiger charge is 2.41. The molecule has 0 amide bonds. The lowest BCUT2D eigenvalue weighted by atomic mass is 9.74. The first-order chi connectivity index (χ1) is 17.8. The van der Waals surface area contributed by atoms with Gasteiger partial charge in [0.1, 0.15) is 5.75 Å². The first-order valence-electron chi connectivity index (χ1n) is 12.8. The summed E-state index contributed by atoms with van der Waals surface area (Å²) in [6.07, 6.45) is 3.59. The molecule has 8 heteroatoms. The number of halogens is 1. The Morgan fingerprint density at radius 2 is 1.95 bits per heavy atom. The van der Waals surface area contributed by atoms with Gasteiger partial charge in [-0.2, -0.15) is 0 Å². The van der Waals surface area contributed by atoms with Gasteiger partial charge in [0, 0.05) is 22.0 Å². The molecule has 6 nitrogen and oxygen atoms in total. The molecular weight excluding hydrogens is 508 g/mol. The van der Waals surface area contributed by atoms with Crippen molar-refractivity contribution >= 4 is 40.2 Å². The Balaban J connectivity index is 1.32. The van der Waals surface area contributed by atoms with Crippen LogP contribution in [0.3, 0.4) is 0 Å². The van der Waals surface area contributed by atoms with Crippen molar-refractivity contribution in [3.05, 3.63) is 64.8 Å². The number of fused-ring (bicyclic) bond motifs is 1. The van der Waals surface area contributed by atoms with E-state index in [1.807, 2.05) is 30.0 Å². The Morgan fingerprint density at radius 1 is 1.22 bits per heavy atom. The summed E-state index contributed by atoms with van der Waals surface area (Å²) in [5.74, 6) is 0.916. The van der Waals surface area contributed by atoms with Gasteiger partial charge in [0.2, 0.25) is 0 Å². The Morgan fingerprint density at radius 3 is 2.62 bits per heavy atom. The molecule has 2 N–H and O–H groups in total. The Kier molecular flexibility index (Phi) is 9.35. The summed E-state index contributed by atoms with van der Waals surface area (Å²) in [5, 5.41) is 22.4. The fourth-order valence-electron chi connectivity index (χ4n) is 5.08. The molecule has 0 aliphatic carbocycles. The van der Waals surface area contributed by atoms with Crippen LogP contribution in [0.25, 0.3) is 10.9 Å². The van der Waals surface area contributed by atoms with Crippen LogP contribution in [0, 0.1) is 12.3 Å². The summed E-state index contributed by atoms with van der Waals surface area (Å²) >= 11 is 8.31. The number of hydrogen-bond donors (Lipinski definition) is 2. The predicted molar refractivity (Wildman–Crippen MR) is 150 cm³/mol. The number of thioether (sulfide) groups is 1. The van der Waals surface area contributed by atoms with Crippen molar-refractivity contribution < 1.29 is 19.7 Å². The number of aliphatic carboxylic acids is 1. The lowest BCUT2D eigenvalue weighted by Crippen LogP contribution is -2.44. The minimum atomic E-state index is -0.891. The molecule has 0 spiro atoms. The largest absolute Gasteiger partial charge is 0.497 e. The Hall–Kier alpha value is -2.32. The van der Waals surface area contributed by atoms with Crippen LogP contribution in [0.1, 0.15) is 49.3 Å². The van der Waals surface area contributed by atoms with Crippen LogP contribution in [-0.2, 0) is 4.79 Å². The lowest BCUT2D eigenvalue weighted by molar-refractivity contribution is -0.153. The molecule has 0 radical (unpaired) electrons. The Labute approximate surface area is 228 Å². The number of nitrogens with zero attached hydrogens (tertiary/aromatic N) is 2. The Bertz CT molecular complexity index is 1210. The third kappa shape index (κ3) is 6.77. The van der Waals surface area contributed by atoms with Gasteiger partial charge >= 0.3 is 5.97 Å². The van der Waals surface area contributed by atoms with Crippen LogP contribution in [0.4, 0.5) is 0 Å². The van der Waals surface area contributed by atoms with Gasteiger partial charge in [0.05, 0.1) is 29.2 Å². The standard InChI is InChI=1S/C29H35ClN2O4S/c1-20-4-7-22(8-5-20)37-17-3-14-32-15-12-29(13-16-32,28(34)35)11-10-26(33)27-23-18-21(36-2)6-9-25(23)31-19-24(27)30/h4-9,18-19,26,33H,3,10-17H2,1-2H3,(H,34,35)/t26-/m1/s1. The molecule has 1 aliphatic rings. The smallest absolute Gasteiger partial charge is 0.309 e. The maximum absolute atomic E-state index is 12.4. The number of aliphatic hydroxyl groups excluding tert-OH is 1. The van der Waals surface area contributed by atoms with E-state index in [0.29, 0.717) is 47.5 Å². The van der Waals surface area contributed by atoms with E-state index in [1.165, 1.54) is 16.7 Å². The molecule has 3 aromatic rings. The minimum absolute atomic E-state index is 0.315. The van der Waals surface area contributed by atoms with E-state index in [0.717, 1.165) is 37.2 Å². The summed E-state index contributed by atoms with van der Waals surface area (Å²) in [4.78, 5) is 20.4. The molecule has 0 bridgehead atoms. The van der Waals surface area contributed by atoms with Crippen molar-refractivity contribution in [2.45, 2.75) is 50.0 Å². The zero-order chi connectivity index (χ0) is 26.4. The van der Waals surface area contributed by atoms with Crippen LogP contribution in [0.2, 0.25) is 5.02 Å². The van der Waals surface area contributed by atoms with Crippen LogP contribution in [0.15, 0.2) is 53.6 Å². The number of benzene rings is 2. The van der Waals surface area contributed by atoms with Gasteiger partial charge < -0.3 is 19.8 Å². The molecule has 4 rings (SSSR count). The second-order valence-electron chi connectivity index (χ2n) is 9.90. The fraction of sp³-hybridized carbons (Fsp3) is 0.448. The molecule has 1 saturated heterocycles. The number of aliphatic hydroxyl groups is 1. The second-order valence-corrected chi connectivity index (χ2v) is 11.5. The first-order valence-corrected chi connectivity index (χ1v) is 14.1. The van der Waals surface area contributed by atoms with Crippen LogP contribution < -0.4 is 4.74 Å². The van der Waals surface area contributed by atoms with Gasteiger partial charge in [-0.05, 0) is 94.7 Å². The molecule has 2 heterocycles. The number of methoxy groups -OCH3 is 1. The number of aromatic nitrogens is 1. The van der Waals surface area contributed by atoms with Gasteiger partial charge in [-0.1, -0.05) is 29.3 Å². The molecule has 1 aromatic heterocycles. The number of rotatable bonds is 11. The molecule has 1 atom stereocenters. The van der Waals surface area contributed by atoms with Crippen molar-refractivity contribution in [2.75, 3.05) is 32.5 Å². The van der Waals surface area contributed by atoms with Crippen LogP contribution >= 0.6 is 23.4 Å². The van der Waals surface area contributed by atoms with Crippen molar-refractivity contribution in [2.24, 2.45) is 5.41 Å². The highest BCUT2D eigenvalue weighted by Crippen LogP contribution is 2.41. The number of aryl methyl sites for hydroxylation is 1. The van der Waals surface area contributed by atoms with Crippen LogP contribution in [0.5, 0.6) is 5.75 Å². The summed E-state index contributed by atoms with van der Waals surface area (Å²) in [6, 6.07) is 14.1. The highest BCUT2D eigenvalue weighted by atomic mass is 35.5. The third-order valence-electron chi connectivity index (χ3n) is 7.47. The second kappa shape index (κ2) is 12.5. The molecule has 2 aromatic carbocycles. The zero-order valence-corrected chi connectivity index (χ0v) is 23.0. The van der Waals surface area contributed by atoms with E-state index in [9.17, 15) is 15.0 Å². The highest BCUT2D eigenvalue weighted by molar-refractivity contribution is 7.99. The number of pyridine rings is 1. The molecular formula is C29H35ClN2O4S. The summed E-state index contributed by atoms with van der Waals surface area (Å²) in [7, 11) is 1.58. The van der Waals surface area contributed by atoms with E-state index < -0.39 is 17.5 Å². The zero-order valence-electron chi connectivity index (χ0n) is 21.5. The molecule has 1 fully saturated rings. The quantitative estimate of drug-likeness (QED) is 0.215. The monoisotopic (exact) mass is 542 g/mol. The maximum atomic E-state index is 12.4. The molecule has 0 unspecified atom stereocenters. The maximum Gasteiger partial charge on any atom is 0.309 e. The van der Waals surface area contributed by atoms with Crippen molar-refractivity contribution in [1.29, 1.82) is 0 Å². The summed E-state index contributed by atoms with van der Waals surface area (Å²) in [6.45, 7) is 4.58. The fourth-order valence-corrected chi connectivity index (χ4v) is 6.19. The van der Waals surface area contributed by atoms with Gasteiger partial charge in [-0.25, -0.2) is 0 Å². The van der Waals surface area contributed by atoms with E-state index in [1.54, 1.807) is 7.11 Å². The SMILES string of the molecule is COc1ccc2ncc(Cl)c([C@H](O)CCC3(C(=O)O)CCN(CCCSc4ccc(C)cc4)CC3)c2c1. The molecule has 198 valence electrons. The summed E-state index contributed by atoms with van der Waals surface area (Å²) in [5.41, 5.74) is 1.72. The number of hydrogen-bond acceptors (Lipinski definition) is 6. The first kappa shape index (κ1) is 27.7. The predicted octanol–water partition coefficient (Wildman–Crippen LogP) is 6.37. The number of ether oxygens (including phenoxy) is 1. The van der Waals surface area contributed by atoms with Crippen molar-refractivity contribution in [3.8, 4) is 5.75 Å². The van der Waals surface area contributed by atoms with Gasteiger partial charge in [-0.15, -0.1) is 11.8 Å². The van der Waals surface area contributed by atoms with Gasteiger partial charge in [0.25, 0.3) is 0 Å². The average Bonchev–Trinajstić information content (AvgIpc) is 2.91.